The molecular weight excluding hydrogens is 96.1 g/mol. The van der Waals surface area contributed by atoms with Crippen LogP contribution in [0.25, 0.3) is 0 Å². The zero-order valence-corrected chi connectivity index (χ0v) is 5.72. The van der Waals surface area contributed by atoms with E-state index >= 15 is 0 Å². The molecule has 0 aliphatic heterocycles. The van der Waals surface area contributed by atoms with Crippen molar-refractivity contribution in [3.8, 4) is 0 Å². The predicted octanol–water partition coefficient (Wildman–Crippen LogP) is 2.61. The van der Waals surface area contributed by atoms with Crippen molar-refractivity contribution in [1.82, 2.24) is 0 Å². The minimum absolute atomic E-state index is 0.823. The van der Waals surface area contributed by atoms with Gasteiger partial charge in [-0.25, -0.2) is 0 Å². The quantitative estimate of drug-likeness (QED) is 0.420. The second-order valence-electron chi connectivity index (χ2n) is 2.84. The van der Waals surface area contributed by atoms with E-state index in [1.54, 1.807) is 0 Å². The highest BCUT2D eigenvalue weighted by Gasteiger charge is 2.10. The average Bonchev–Trinajstić information content (AvgIpc) is 1.77. The molecular formula is C8H14. The summed E-state index contributed by atoms with van der Waals surface area (Å²) in [7, 11) is 0. The molecule has 0 heterocycles. The maximum absolute atomic E-state index is 2.33. The van der Waals surface area contributed by atoms with Crippen LogP contribution < -0.4 is 0 Å². The van der Waals surface area contributed by atoms with Gasteiger partial charge in [0.05, 0.1) is 0 Å². The van der Waals surface area contributed by atoms with E-state index in [4.69, 9.17) is 0 Å². The Bertz CT molecular complexity index is 92.2. The third-order valence-corrected chi connectivity index (χ3v) is 2.13. The van der Waals surface area contributed by atoms with E-state index in [1.165, 1.54) is 12.8 Å². The van der Waals surface area contributed by atoms with Crippen LogP contribution in [0, 0.1) is 11.8 Å². The van der Waals surface area contributed by atoms with Gasteiger partial charge in [0.2, 0.25) is 0 Å². The van der Waals surface area contributed by atoms with Crippen molar-refractivity contribution in [2.75, 3.05) is 0 Å². The third kappa shape index (κ3) is 1.12. The van der Waals surface area contributed by atoms with Gasteiger partial charge in [-0.1, -0.05) is 26.0 Å². The lowest BCUT2D eigenvalue weighted by Gasteiger charge is -2.19. The molecule has 0 aromatic rings. The summed E-state index contributed by atoms with van der Waals surface area (Å²) in [6.07, 6.45) is 7.31. The van der Waals surface area contributed by atoms with E-state index in [9.17, 15) is 0 Å². The smallest absolute Gasteiger partial charge is 0.0236 e. The molecule has 0 bridgehead atoms. The van der Waals surface area contributed by atoms with Crippen molar-refractivity contribution in [2.45, 2.75) is 26.7 Å². The summed E-state index contributed by atoms with van der Waals surface area (Å²) in [6.45, 7) is 4.62. The SMILES string of the molecule is C[C@H]1C=CCC[C@@H]1C. The summed E-state index contributed by atoms with van der Waals surface area (Å²) in [6, 6.07) is 0. The minimum Gasteiger partial charge on any atom is -0.0882 e. The maximum atomic E-state index is 2.33. The fourth-order valence-electron chi connectivity index (χ4n) is 1.12. The van der Waals surface area contributed by atoms with Gasteiger partial charge in [0.25, 0.3) is 0 Å². The van der Waals surface area contributed by atoms with Crippen LogP contribution in [0.15, 0.2) is 12.2 Å². The van der Waals surface area contributed by atoms with Gasteiger partial charge in [0, 0.05) is 0 Å². The van der Waals surface area contributed by atoms with Crippen LogP contribution in [0.2, 0.25) is 0 Å². The van der Waals surface area contributed by atoms with E-state index in [-0.39, 0.29) is 0 Å². The van der Waals surface area contributed by atoms with Crippen molar-refractivity contribution in [3.63, 3.8) is 0 Å². The van der Waals surface area contributed by atoms with E-state index in [0.717, 1.165) is 11.8 Å². The minimum atomic E-state index is 0.823. The monoisotopic (exact) mass is 110 g/mol. The zero-order chi connectivity index (χ0) is 5.98. The second kappa shape index (κ2) is 2.34. The molecule has 0 amide bonds. The van der Waals surface area contributed by atoms with Crippen LogP contribution in [0.4, 0.5) is 0 Å². The zero-order valence-electron chi connectivity index (χ0n) is 5.72. The fourth-order valence-corrected chi connectivity index (χ4v) is 1.12. The van der Waals surface area contributed by atoms with Gasteiger partial charge in [0.15, 0.2) is 0 Å². The molecule has 0 unspecified atom stereocenters. The number of rotatable bonds is 0. The Morgan fingerprint density at radius 1 is 1.38 bits per heavy atom. The molecule has 0 radical (unpaired) electrons. The molecule has 1 aliphatic rings. The average molecular weight is 110 g/mol. The molecule has 1 aliphatic carbocycles. The van der Waals surface area contributed by atoms with E-state index in [0.29, 0.717) is 0 Å². The fraction of sp³-hybridized carbons (Fsp3) is 0.750. The third-order valence-electron chi connectivity index (χ3n) is 2.13. The summed E-state index contributed by atoms with van der Waals surface area (Å²) in [4.78, 5) is 0. The molecule has 0 fully saturated rings. The molecule has 0 heteroatoms. The van der Waals surface area contributed by atoms with Gasteiger partial charge in [-0.05, 0) is 24.7 Å². The summed E-state index contributed by atoms with van der Waals surface area (Å²) < 4.78 is 0. The Kier molecular flexibility index (Phi) is 1.72. The van der Waals surface area contributed by atoms with Gasteiger partial charge in [-0.3, -0.25) is 0 Å². The Morgan fingerprint density at radius 2 is 2.12 bits per heavy atom. The van der Waals surface area contributed by atoms with Crippen molar-refractivity contribution < 1.29 is 0 Å². The molecule has 8 heavy (non-hydrogen) atoms. The number of allylic oxidation sites excluding steroid dienone is 2. The largest absolute Gasteiger partial charge is 0.0882 e. The first-order chi connectivity index (χ1) is 3.80. The normalized spacial score (nSPS) is 37.8. The standard InChI is InChI=1S/C8H14/c1-7-5-3-4-6-8(7)2/h3,5,7-8H,4,6H2,1-2H3/t7-,8-/m0/s1. The Balaban J connectivity index is 2.47. The van der Waals surface area contributed by atoms with E-state index in [1.807, 2.05) is 0 Å². The summed E-state index contributed by atoms with van der Waals surface area (Å²) in [5.41, 5.74) is 0. The van der Waals surface area contributed by atoms with E-state index < -0.39 is 0 Å². The van der Waals surface area contributed by atoms with Crippen LogP contribution in [0.5, 0.6) is 0 Å². The molecule has 0 aromatic carbocycles. The Labute approximate surface area is 51.6 Å². The molecule has 0 nitrogen and oxygen atoms in total. The van der Waals surface area contributed by atoms with Gasteiger partial charge in [0.1, 0.15) is 0 Å². The predicted molar refractivity (Wildman–Crippen MR) is 36.7 cm³/mol. The van der Waals surface area contributed by atoms with Gasteiger partial charge in [-0.2, -0.15) is 0 Å². The first-order valence-electron chi connectivity index (χ1n) is 3.47. The van der Waals surface area contributed by atoms with E-state index in [2.05, 4.69) is 26.0 Å². The van der Waals surface area contributed by atoms with Crippen LogP contribution >= 0.6 is 0 Å². The highest BCUT2D eigenvalue weighted by Crippen LogP contribution is 2.22. The lowest BCUT2D eigenvalue weighted by atomic mass is 9.87. The van der Waals surface area contributed by atoms with Gasteiger partial charge >= 0.3 is 0 Å². The summed E-state index contributed by atoms with van der Waals surface area (Å²) in [5.74, 6) is 1.74. The molecule has 0 N–H and O–H groups in total. The summed E-state index contributed by atoms with van der Waals surface area (Å²) in [5, 5.41) is 0. The molecule has 1 rings (SSSR count). The molecule has 2 atom stereocenters. The van der Waals surface area contributed by atoms with Crippen molar-refractivity contribution in [1.29, 1.82) is 0 Å². The number of hydrogen-bond acceptors (Lipinski definition) is 0. The van der Waals surface area contributed by atoms with Gasteiger partial charge in [-0.15, -0.1) is 0 Å². The topological polar surface area (TPSA) is 0 Å². The van der Waals surface area contributed by atoms with Crippen LogP contribution in [0.3, 0.4) is 0 Å². The lowest BCUT2D eigenvalue weighted by molar-refractivity contribution is 0.413. The summed E-state index contributed by atoms with van der Waals surface area (Å²) >= 11 is 0. The Morgan fingerprint density at radius 3 is 2.50 bits per heavy atom. The Hall–Kier alpha value is -0.260. The lowest BCUT2D eigenvalue weighted by Crippen LogP contribution is -2.07. The van der Waals surface area contributed by atoms with Crippen molar-refractivity contribution in [3.05, 3.63) is 12.2 Å². The highest BCUT2D eigenvalue weighted by molar-refractivity contribution is 4.93. The van der Waals surface area contributed by atoms with Crippen LogP contribution in [-0.4, -0.2) is 0 Å². The van der Waals surface area contributed by atoms with Crippen LogP contribution in [0.1, 0.15) is 26.7 Å². The number of hydrogen-bond donors (Lipinski definition) is 0. The van der Waals surface area contributed by atoms with Crippen molar-refractivity contribution >= 4 is 0 Å². The molecule has 0 saturated heterocycles. The van der Waals surface area contributed by atoms with Crippen molar-refractivity contribution in [2.24, 2.45) is 11.8 Å². The molecule has 46 valence electrons. The molecule has 0 aromatic heterocycles. The molecule has 0 spiro atoms. The van der Waals surface area contributed by atoms with Crippen LogP contribution in [-0.2, 0) is 0 Å². The first-order valence-corrected chi connectivity index (χ1v) is 3.47. The first kappa shape index (κ1) is 5.87. The molecule has 0 saturated carbocycles. The maximum Gasteiger partial charge on any atom is -0.0236 e. The second-order valence-corrected chi connectivity index (χ2v) is 2.84. The van der Waals surface area contributed by atoms with Gasteiger partial charge < -0.3 is 0 Å². The highest BCUT2D eigenvalue weighted by atomic mass is 14.2.